The first kappa shape index (κ1) is 23.0. The fraction of sp³-hybridized carbons (Fsp3) is 0.500. The maximum Gasteiger partial charge on any atom is 0.250 e. The van der Waals surface area contributed by atoms with E-state index < -0.39 is 0 Å². The van der Waals surface area contributed by atoms with E-state index in [2.05, 4.69) is 10.00 Å². The number of aryl methyl sites for hydroxylation is 2. The lowest BCUT2D eigenvalue weighted by Crippen LogP contribution is -2.40. The van der Waals surface area contributed by atoms with E-state index in [-0.39, 0.29) is 12.5 Å². The van der Waals surface area contributed by atoms with Crippen molar-refractivity contribution < 1.29 is 14.3 Å². The highest BCUT2D eigenvalue weighted by molar-refractivity contribution is 7.23. The number of carbonyl (C=O) groups excluding carboxylic acids is 1. The molecule has 172 valence electrons. The monoisotopic (exact) mass is 477 g/mol. The number of nitrogens with zero attached hydrogens (tertiary/aromatic N) is 5. The molecule has 3 heterocycles. The maximum atomic E-state index is 13.4. The Labute approximate surface area is 196 Å². The first-order valence-corrected chi connectivity index (χ1v) is 11.9. The molecule has 1 amide bonds. The lowest BCUT2D eigenvalue weighted by Gasteiger charge is -2.27. The van der Waals surface area contributed by atoms with Crippen LogP contribution in [0.25, 0.3) is 10.2 Å². The molecule has 1 saturated heterocycles. The zero-order valence-corrected chi connectivity index (χ0v) is 20.2. The van der Waals surface area contributed by atoms with Crippen molar-refractivity contribution in [3.63, 3.8) is 0 Å². The second kappa shape index (κ2) is 10.2. The third kappa shape index (κ3) is 5.06. The number of hydrogen-bond donors (Lipinski definition) is 0. The Hall–Kier alpha value is -2.20. The molecule has 10 heteroatoms. The van der Waals surface area contributed by atoms with Crippen molar-refractivity contribution in [1.29, 1.82) is 0 Å². The minimum absolute atomic E-state index is 0.0488. The summed E-state index contributed by atoms with van der Waals surface area (Å²) in [7, 11) is 1.61. The van der Waals surface area contributed by atoms with Gasteiger partial charge in [-0.2, -0.15) is 5.10 Å². The molecule has 1 aliphatic heterocycles. The number of amides is 1. The molecule has 4 rings (SSSR count). The average molecular weight is 478 g/mol. The van der Waals surface area contributed by atoms with Gasteiger partial charge in [0.1, 0.15) is 17.8 Å². The molecule has 0 spiro atoms. The Bertz CT molecular complexity index is 1090. The minimum Gasteiger partial charge on any atom is -0.494 e. The predicted molar refractivity (Wildman–Crippen MR) is 127 cm³/mol. The van der Waals surface area contributed by atoms with Gasteiger partial charge in [0.05, 0.1) is 35.7 Å². The number of carbonyl (C=O) groups is 1. The van der Waals surface area contributed by atoms with Gasteiger partial charge in [-0.1, -0.05) is 22.9 Å². The van der Waals surface area contributed by atoms with Crippen molar-refractivity contribution in [2.75, 3.05) is 51.4 Å². The lowest BCUT2D eigenvalue weighted by molar-refractivity contribution is -0.119. The van der Waals surface area contributed by atoms with Crippen LogP contribution in [0, 0.1) is 13.8 Å². The highest BCUT2D eigenvalue weighted by atomic mass is 35.5. The summed E-state index contributed by atoms with van der Waals surface area (Å²) in [4.78, 5) is 22.3. The number of rotatable bonds is 8. The van der Waals surface area contributed by atoms with Gasteiger partial charge in [0.25, 0.3) is 5.91 Å². The van der Waals surface area contributed by atoms with E-state index in [1.165, 1.54) is 11.3 Å². The summed E-state index contributed by atoms with van der Waals surface area (Å²) >= 11 is 7.84. The summed E-state index contributed by atoms with van der Waals surface area (Å²) in [5, 5.41) is 5.68. The van der Waals surface area contributed by atoms with Crippen LogP contribution in [-0.4, -0.2) is 72.1 Å². The zero-order valence-electron chi connectivity index (χ0n) is 18.6. The number of anilines is 1. The number of benzene rings is 1. The molecule has 1 fully saturated rings. The molecule has 0 saturated carbocycles. The number of halogens is 1. The van der Waals surface area contributed by atoms with Crippen LogP contribution >= 0.6 is 22.9 Å². The molecular weight excluding hydrogens is 450 g/mol. The number of ether oxygens (including phenoxy) is 2. The number of morpholine rings is 1. The van der Waals surface area contributed by atoms with Crippen molar-refractivity contribution in [3.05, 3.63) is 34.6 Å². The van der Waals surface area contributed by atoms with E-state index in [1.54, 1.807) is 28.8 Å². The summed E-state index contributed by atoms with van der Waals surface area (Å²) in [5.74, 6) is 0.596. The SMILES string of the molecule is COc1ccc(Cl)c2sc(N(CCCN3CCOCC3)C(=O)Cn3nc(C)cc3C)nc12. The number of hydrogen-bond acceptors (Lipinski definition) is 7. The molecule has 0 unspecified atom stereocenters. The van der Waals surface area contributed by atoms with Crippen molar-refractivity contribution in [3.8, 4) is 5.75 Å². The molecule has 32 heavy (non-hydrogen) atoms. The molecule has 3 aromatic rings. The lowest BCUT2D eigenvalue weighted by atomic mass is 10.3. The Morgan fingerprint density at radius 3 is 2.78 bits per heavy atom. The zero-order chi connectivity index (χ0) is 22.7. The van der Waals surface area contributed by atoms with Gasteiger partial charge in [0.15, 0.2) is 5.13 Å². The van der Waals surface area contributed by atoms with Crippen molar-refractivity contribution in [2.45, 2.75) is 26.8 Å². The molecule has 0 aliphatic carbocycles. The van der Waals surface area contributed by atoms with Crippen LogP contribution in [-0.2, 0) is 16.1 Å². The molecule has 0 radical (unpaired) electrons. The van der Waals surface area contributed by atoms with Crippen LogP contribution < -0.4 is 9.64 Å². The standard InChI is InChI=1S/C22H28ClN5O3S/c1-15-13-16(2)28(25-15)14-19(29)27(8-4-7-26-9-11-31-12-10-26)22-24-20-18(30-3)6-5-17(23)21(20)32-22/h5-6,13H,4,7-12,14H2,1-3H3. The van der Waals surface area contributed by atoms with Gasteiger partial charge in [0.2, 0.25) is 0 Å². The van der Waals surface area contributed by atoms with Gasteiger partial charge in [-0.25, -0.2) is 4.98 Å². The summed E-state index contributed by atoms with van der Waals surface area (Å²) < 4.78 is 13.5. The van der Waals surface area contributed by atoms with Gasteiger partial charge >= 0.3 is 0 Å². The predicted octanol–water partition coefficient (Wildman–Crippen LogP) is 3.53. The second-order valence-corrected chi connectivity index (χ2v) is 9.25. The quantitative estimate of drug-likeness (QED) is 0.494. The van der Waals surface area contributed by atoms with Gasteiger partial charge in [0, 0.05) is 31.9 Å². The summed E-state index contributed by atoms with van der Waals surface area (Å²) in [6, 6.07) is 5.57. The van der Waals surface area contributed by atoms with E-state index in [9.17, 15) is 4.79 Å². The number of aromatic nitrogens is 3. The topological polar surface area (TPSA) is 72.7 Å². The van der Waals surface area contributed by atoms with Gasteiger partial charge < -0.3 is 9.47 Å². The van der Waals surface area contributed by atoms with Gasteiger partial charge in [-0.3, -0.25) is 19.3 Å². The Balaban J connectivity index is 1.58. The van der Waals surface area contributed by atoms with Crippen molar-refractivity contribution in [2.24, 2.45) is 0 Å². The van der Waals surface area contributed by atoms with Crippen LogP contribution in [0.15, 0.2) is 18.2 Å². The van der Waals surface area contributed by atoms with Gasteiger partial charge in [-0.15, -0.1) is 0 Å². The first-order chi connectivity index (χ1) is 15.5. The van der Waals surface area contributed by atoms with Crippen molar-refractivity contribution in [1.82, 2.24) is 19.7 Å². The van der Waals surface area contributed by atoms with E-state index in [4.69, 9.17) is 26.1 Å². The normalized spacial score (nSPS) is 14.8. The molecule has 1 aromatic carbocycles. The Morgan fingerprint density at radius 1 is 1.31 bits per heavy atom. The largest absolute Gasteiger partial charge is 0.494 e. The maximum absolute atomic E-state index is 13.4. The highest BCUT2D eigenvalue weighted by Crippen LogP contribution is 2.38. The van der Waals surface area contributed by atoms with E-state index in [1.807, 2.05) is 19.9 Å². The van der Waals surface area contributed by atoms with Crippen LogP contribution in [0.1, 0.15) is 17.8 Å². The third-order valence-corrected chi connectivity index (χ3v) is 7.09. The Kier molecular flexibility index (Phi) is 7.30. The molecule has 0 bridgehead atoms. The van der Waals surface area contributed by atoms with Crippen LogP contribution in [0.3, 0.4) is 0 Å². The average Bonchev–Trinajstić information content (AvgIpc) is 3.36. The second-order valence-electron chi connectivity index (χ2n) is 7.86. The molecule has 0 N–H and O–H groups in total. The smallest absolute Gasteiger partial charge is 0.250 e. The fourth-order valence-corrected chi connectivity index (χ4v) is 5.17. The number of methoxy groups -OCH3 is 1. The number of fused-ring (bicyclic) bond motifs is 1. The molecule has 2 aromatic heterocycles. The van der Waals surface area contributed by atoms with Crippen molar-refractivity contribution >= 4 is 44.2 Å². The molecule has 1 aliphatic rings. The van der Waals surface area contributed by atoms with E-state index >= 15 is 0 Å². The molecular formula is C22H28ClN5O3S. The summed E-state index contributed by atoms with van der Waals surface area (Å²) in [6.07, 6.45) is 0.837. The first-order valence-electron chi connectivity index (χ1n) is 10.7. The van der Waals surface area contributed by atoms with Crippen LogP contribution in [0.4, 0.5) is 5.13 Å². The van der Waals surface area contributed by atoms with Crippen LogP contribution in [0.2, 0.25) is 5.02 Å². The third-order valence-electron chi connectivity index (χ3n) is 5.55. The van der Waals surface area contributed by atoms with Crippen LogP contribution in [0.5, 0.6) is 5.75 Å². The molecule has 0 atom stereocenters. The van der Waals surface area contributed by atoms with E-state index in [0.717, 1.165) is 55.4 Å². The minimum atomic E-state index is -0.0488. The van der Waals surface area contributed by atoms with E-state index in [0.29, 0.717) is 28.0 Å². The number of thiazole rings is 1. The fourth-order valence-electron chi connectivity index (χ4n) is 3.87. The molecule has 8 nitrogen and oxygen atoms in total. The summed E-state index contributed by atoms with van der Waals surface area (Å²) in [6.45, 7) is 8.89. The Morgan fingerprint density at radius 2 is 2.09 bits per heavy atom. The highest BCUT2D eigenvalue weighted by Gasteiger charge is 2.23. The van der Waals surface area contributed by atoms with Gasteiger partial charge in [-0.05, 0) is 38.5 Å². The summed E-state index contributed by atoms with van der Waals surface area (Å²) in [5.41, 5.74) is 2.53.